The average Bonchev–Trinajstić information content (AvgIpc) is 3.08. The number of amides is 1. The Morgan fingerprint density at radius 3 is 2.61 bits per heavy atom. The molecule has 1 fully saturated rings. The average molecular weight is 345 g/mol. The Bertz CT molecular complexity index is 667. The molecular formula is C18H19NO2S2. The second kappa shape index (κ2) is 7.79. The van der Waals surface area contributed by atoms with Gasteiger partial charge in [-0.15, -0.1) is 23.5 Å². The fourth-order valence-electron chi connectivity index (χ4n) is 2.34. The summed E-state index contributed by atoms with van der Waals surface area (Å²) in [4.78, 5) is 11.9. The molecule has 2 aromatic rings. The zero-order valence-electron chi connectivity index (χ0n) is 13.0. The normalized spacial score (nSPS) is 14.7. The van der Waals surface area contributed by atoms with E-state index in [0.717, 1.165) is 17.0 Å². The maximum absolute atomic E-state index is 11.9. The lowest BCUT2D eigenvalue weighted by Gasteiger charge is -2.11. The minimum atomic E-state index is -0.151. The maximum atomic E-state index is 11.9. The molecule has 0 atom stereocenters. The van der Waals surface area contributed by atoms with Crippen molar-refractivity contribution in [3.63, 3.8) is 0 Å². The number of aryl methyl sites for hydroxylation is 1. The van der Waals surface area contributed by atoms with E-state index in [9.17, 15) is 4.79 Å². The van der Waals surface area contributed by atoms with Gasteiger partial charge in [-0.1, -0.05) is 24.3 Å². The van der Waals surface area contributed by atoms with Crippen molar-refractivity contribution >= 4 is 35.1 Å². The molecule has 3 rings (SSSR count). The number of nitrogens with one attached hydrogen (secondary N) is 1. The molecule has 1 heterocycles. The standard InChI is InChI=1S/C18H19NO2S2/c1-13-3-2-4-15(11-13)19-17(20)12-21-16-7-5-14(6-8-16)18-22-9-10-23-18/h2-8,11,18H,9-10,12H2,1H3,(H,19,20). The summed E-state index contributed by atoms with van der Waals surface area (Å²) in [6, 6.07) is 15.8. The number of hydrogen-bond donors (Lipinski definition) is 1. The largest absolute Gasteiger partial charge is 0.484 e. The zero-order valence-corrected chi connectivity index (χ0v) is 14.6. The first-order valence-corrected chi connectivity index (χ1v) is 9.63. The Labute approximate surface area is 145 Å². The molecule has 0 spiro atoms. The Balaban J connectivity index is 1.50. The summed E-state index contributed by atoms with van der Waals surface area (Å²) in [5.41, 5.74) is 3.22. The highest BCUT2D eigenvalue weighted by Gasteiger charge is 2.17. The first kappa shape index (κ1) is 16.3. The van der Waals surface area contributed by atoms with Gasteiger partial charge in [-0.3, -0.25) is 4.79 Å². The molecule has 1 N–H and O–H groups in total. The zero-order chi connectivity index (χ0) is 16.1. The van der Waals surface area contributed by atoms with Crippen LogP contribution in [0, 0.1) is 6.92 Å². The van der Waals surface area contributed by atoms with Crippen LogP contribution in [0.25, 0.3) is 0 Å². The lowest BCUT2D eigenvalue weighted by Crippen LogP contribution is -2.20. The van der Waals surface area contributed by atoms with Crippen LogP contribution in [0.5, 0.6) is 5.75 Å². The van der Waals surface area contributed by atoms with E-state index >= 15 is 0 Å². The van der Waals surface area contributed by atoms with Gasteiger partial charge in [0.2, 0.25) is 0 Å². The number of thioether (sulfide) groups is 2. The van der Waals surface area contributed by atoms with Gasteiger partial charge in [0.05, 0.1) is 4.58 Å². The van der Waals surface area contributed by atoms with Gasteiger partial charge in [0.25, 0.3) is 5.91 Å². The van der Waals surface area contributed by atoms with Crippen molar-refractivity contribution in [2.75, 3.05) is 23.4 Å². The Morgan fingerprint density at radius 2 is 1.91 bits per heavy atom. The number of ether oxygens (including phenoxy) is 1. The highest BCUT2D eigenvalue weighted by molar-refractivity contribution is 8.19. The topological polar surface area (TPSA) is 38.3 Å². The number of carbonyl (C=O) groups excluding carboxylic acids is 1. The fourth-order valence-corrected chi connectivity index (χ4v) is 5.20. The summed E-state index contributed by atoms with van der Waals surface area (Å²) in [6.07, 6.45) is 0. The summed E-state index contributed by atoms with van der Waals surface area (Å²) >= 11 is 3.96. The summed E-state index contributed by atoms with van der Waals surface area (Å²) in [6.45, 7) is 2.01. The number of benzene rings is 2. The fraction of sp³-hybridized carbons (Fsp3) is 0.278. The summed E-state index contributed by atoms with van der Waals surface area (Å²) in [5, 5.41) is 2.84. The molecule has 0 aromatic heterocycles. The predicted octanol–water partition coefficient (Wildman–Crippen LogP) is 4.49. The minimum absolute atomic E-state index is 0.0141. The molecule has 5 heteroatoms. The first-order chi connectivity index (χ1) is 11.2. The number of carbonyl (C=O) groups is 1. The van der Waals surface area contributed by atoms with Crippen molar-refractivity contribution in [3.05, 3.63) is 59.7 Å². The van der Waals surface area contributed by atoms with E-state index in [4.69, 9.17) is 4.74 Å². The van der Waals surface area contributed by atoms with Crippen LogP contribution in [0.4, 0.5) is 5.69 Å². The smallest absolute Gasteiger partial charge is 0.262 e. The minimum Gasteiger partial charge on any atom is -0.484 e. The SMILES string of the molecule is Cc1cccc(NC(=O)COc2ccc(C3SCCS3)cc2)c1. The Hall–Kier alpha value is -1.59. The molecule has 1 amide bonds. The molecule has 120 valence electrons. The molecule has 0 radical (unpaired) electrons. The van der Waals surface area contributed by atoms with E-state index < -0.39 is 0 Å². The third-order valence-corrected chi connectivity index (χ3v) is 6.55. The van der Waals surface area contributed by atoms with Crippen molar-refractivity contribution in [1.29, 1.82) is 0 Å². The Kier molecular flexibility index (Phi) is 5.51. The van der Waals surface area contributed by atoms with Gasteiger partial charge in [0.1, 0.15) is 5.75 Å². The van der Waals surface area contributed by atoms with Crippen molar-refractivity contribution in [2.24, 2.45) is 0 Å². The molecule has 0 bridgehead atoms. The van der Waals surface area contributed by atoms with Gasteiger partial charge < -0.3 is 10.1 Å². The second-order valence-corrected chi connectivity index (χ2v) is 8.07. The maximum Gasteiger partial charge on any atom is 0.262 e. The molecular weight excluding hydrogens is 326 g/mol. The van der Waals surface area contributed by atoms with Gasteiger partial charge in [0.15, 0.2) is 6.61 Å². The van der Waals surface area contributed by atoms with Crippen LogP contribution < -0.4 is 10.1 Å². The molecule has 1 aliphatic heterocycles. The van der Waals surface area contributed by atoms with E-state index in [1.807, 2.05) is 66.8 Å². The van der Waals surface area contributed by atoms with Gasteiger partial charge in [-0.2, -0.15) is 0 Å². The van der Waals surface area contributed by atoms with Crippen LogP contribution in [-0.2, 0) is 4.79 Å². The van der Waals surface area contributed by atoms with Crippen LogP contribution in [0.15, 0.2) is 48.5 Å². The van der Waals surface area contributed by atoms with Crippen LogP contribution in [0.2, 0.25) is 0 Å². The highest BCUT2D eigenvalue weighted by atomic mass is 32.2. The van der Waals surface area contributed by atoms with Crippen molar-refractivity contribution < 1.29 is 9.53 Å². The molecule has 2 aromatic carbocycles. The van der Waals surface area contributed by atoms with Crippen LogP contribution in [0.1, 0.15) is 15.7 Å². The monoisotopic (exact) mass is 345 g/mol. The lowest BCUT2D eigenvalue weighted by atomic mass is 10.2. The van der Waals surface area contributed by atoms with Crippen LogP contribution in [-0.4, -0.2) is 24.0 Å². The van der Waals surface area contributed by atoms with Gasteiger partial charge in [-0.25, -0.2) is 0 Å². The van der Waals surface area contributed by atoms with Crippen LogP contribution in [0.3, 0.4) is 0 Å². The van der Waals surface area contributed by atoms with E-state index in [2.05, 4.69) is 17.4 Å². The Morgan fingerprint density at radius 1 is 1.17 bits per heavy atom. The molecule has 0 aliphatic carbocycles. The van der Waals surface area contributed by atoms with E-state index in [-0.39, 0.29) is 12.5 Å². The molecule has 3 nitrogen and oxygen atoms in total. The van der Waals surface area contributed by atoms with E-state index in [1.165, 1.54) is 17.1 Å². The summed E-state index contributed by atoms with van der Waals surface area (Å²) in [7, 11) is 0. The van der Waals surface area contributed by atoms with Crippen molar-refractivity contribution in [2.45, 2.75) is 11.5 Å². The quantitative estimate of drug-likeness (QED) is 0.866. The molecule has 0 unspecified atom stereocenters. The third-order valence-electron chi connectivity index (χ3n) is 3.45. The third kappa shape index (κ3) is 4.69. The van der Waals surface area contributed by atoms with Crippen LogP contribution >= 0.6 is 23.5 Å². The van der Waals surface area contributed by atoms with Gasteiger partial charge in [-0.05, 0) is 42.3 Å². The van der Waals surface area contributed by atoms with E-state index in [1.54, 1.807) is 0 Å². The first-order valence-electron chi connectivity index (χ1n) is 7.53. The summed E-state index contributed by atoms with van der Waals surface area (Å²) < 4.78 is 6.10. The number of hydrogen-bond acceptors (Lipinski definition) is 4. The van der Waals surface area contributed by atoms with E-state index in [0.29, 0.717) is 4.58 Å². The van der Waals surface area contributed by atoms with Gasteiger partial charge in [0, 0.05) is 17.2 Å². The van der Waals surface area contributed by atoms with Crippen molar-refractivity contribution in [3.8, 4) is 5.75 Å². The molecule has 1 aliphatic rings. The lowest BCUT2D eigenvalue weighted by molar-refractivity contribution is -0.118. The number of anilines is 1. The molecule has 0 saturated carbocycles. The van der Waals surface area contributed by atoms with Gasteiger partial charge >= 0.3 is 0 Å². The molecule has 23 heavy (non-hydrogen) atoms. The highest BCUT2D eigenvalue weighted by Crippen LogP contribution is 2.45. The number of rotatable bonds is 5. The molecule has 1 saturated heterocycles. The van der Waals surface area contributed by atoms with Crippen molar-refractivity contribution in [1.82, 2.24) is 0 Å². The summed E-state index contributed by atoms with van der Waals surface area (Å²) in [5.74, 6) is 3.00. The predicted molar refractivity (Wildman–Crippen MR) is 99.4 cm³/mol. The second-order valence-electron chi connectivity index (χ2n) is 5.35.